The molecule has 2 fully saturated rings. The first-order chi connectivity index (χ1) is 13.6. The largest absolute Gasteiger partial charge is 0.352 e. The number of piperidine rings is 1. The van der Waals surface area contributed by atoms with E-state index < -0.39 is 0 Å². The number of piperazine rings is 1. The van der Waals surface area contributed by atoms with Crippen LogP contribution < -0.4 is 5.32 Å². The van der Waals surface area contributed by atoms with Crippen molar-refractivity contribution >= 4 is 17.7 Å². The van der Waals surface area contributed by atoms with Gasteiger partial charge in [0, 0.05) is 57.8 Å². The van der Waals surface area contributed by atoms with Crippen molar-refractivity contribution in [2.24, 2.45) is 0 Å². The molecule has 2 aliphatic heterocycles. The predicted molar refractivity (Wildman–Crippen MR) is 107 cm³/mol. The van der Waals surface area contributed by atoms with Crippen LogP contribution in [0.25, 0.3) is 0 Å². The zero-order valence-corrected chi connectivity index (χ0v) is 16.4. The lowest BCUT2D eigenvalue weighted by Gasteiger charge is -2.36. The molecular formula is C21H30N4O3. The number of carbonyl (C=O) groups excluding carboxylic acids is 3. The van der Waals surface area contributed by atoms with Crippen molar-refractivity contribution in [1.29, 1.82) is 0 Å². The summed E-state index contributed by atoms with van der Waals surface area (Å²) in [6.07, 6.45) is 3.73. The molecule has 152 valence electrons. The van der Waals surface area contributed by atoms with Gasteiger partial charge < -0.3 is 15.1 Å². The van der Waals surface area contributed by atoms with E-state index in [1.165, 1.54) is 6.42 Å². The first-order valence-corrected chi connectivity index (χ1v) is 10.2. The van der Waals surface area contributed by atoms with Gasteiger partial charge in [0.2, 0.25) is 11.8 Å². The Morgan fingerprint density at radius 2 is 1.43 bits per heavy atom. The third-order valence-electron chi connectivity index (χ3n) is 5.45. The SMILES string of the molecule is O=C(NCCC(=O)N1CCN(CC(=O)N2CCCCC2)CC1)c1ccccc1. The molecule has 0 radical (unpaired) electrons. The van der Waals surface area contributed by atoms with Crippen molar-refractivity contribution in [2.75, 3.05) is 52.4 Å². The molecule has 2 aliphatic rings. The molecule has 3 amide bonds. The van der Waals surface area contributed by atoms with Gasteiger partial charge in [-0.15, -0.1) is 0 Å². The van der Waals surface area contributed by atoms with Gasteiger partial charge in [-0.3, -0.25) is 19.3 Å². The Bertz CT molecular complexity index is 665. The Balaban J connectivity index is 1.33. The lowest BCUT2D eigenvalue weighted by molar-refractivity contribution is -0.135. The lowest BCUT2D eigenvalue weighted by atomic mass is 10.1. The second-order valence-electron chi connectivity index (χ2n) is 7.47. The van der Waals surface area contributed by atoms with Gasteiger partial charge in [-0.25, -0.2) is 0 Å². The van der Waals surface area contributed by atoms with E-state index in [-0.39, 0.29) is 17.7 Å². The van der Waals surface area contributed by atoms with E-state index in [2.05, 4.69) is 10.2 Å². The smallest absolute Gasteiger partial charge is 0.251 e. The molecule has 0 bridgehead atoms. The van der Waals surface area contributed by atoms with Gasteiger partial charge in [-0.2, -0.15) is 0 Å². The summed E-state index contributed by atoms with van der Waals surface area (Å²) < 4.78 is 0. The highest BCUT2D eigenvalue weighted by molar-refractivity contribution is 5.94. The molecule has 1 N–H and O–H groups in total. The molecule has 3 rings (SSSR count). The van der Waals surface area contributed by atoms with Crippen molar-refractivity contribution in [3.05, 3.63) is 35.9 Å². The quantitative estimate of drug-likeness (QED) is 0.791. The van der Waals surface area contributed by atoms with Crippen LogP contribution in [-0.2, 0) is 9.59 Å². The number of benzene rings is 1. The number of carbonyl (C=O) groups is 3. The van der Waals surface area contributed by atoms with Crippen molar-refractivity contribution < 1.29 is 14.4 Å². The standard InChI is InChI=1S/C21H30N4O3/c26-19(9-10-22-21(28)18-7-3-1-4-8-18)25-15-13-23(14-16-25)17-20(27)24-11-5-2-6-12-24/h1,3-4,7-8H,2,5-6,9-17H2,(H,22,28). The molecule has 2 heterocycles. The number of rotatable bonds is 6. The summed E-state index contributed by atoms with van der Waals surface area (Å²) in [4.78, 5) is 42.7. The maximum absolute atomic E-state index is 12.4. The first kappa shape index (κ1) is 20.3. The highest BCUT2D eigenvalue weighted by Gasteiger charge is 2.24. The minimum absolute atomic E-state index is 0.0513. The van der Waals surface area contributed by atoms with E-state index in [0.717, 1.165) is 39.0 Å². The summed E-state index contributed by atoms with van der Waals surface area (Å²) in [6.45, 7) is 5.27. The second kappa shape index (κ2) is 10.2. The van der Waals surface area contributed by atoms with Crippen LogP contribution in [0.3, 0.4) is 0 Å². The number of likely N-dealkylation sites (tertiary alicyclic amines) is 1. The molecule has 28 heavy (non-hydrogen) atoms. The van der Waals surface area contributed by atoms with E-state index in [0.29, 0.717) is 38.2 Å². The van der Waals surface area contributed by atoms with Crippen molar-refractivity contribution in [3.8, 4) is 0 Å². The van der Waals surface area contributed by atoms with E-state index in [1.807, 2.05) is 28.0 Å². The molecule has 7 nitrogen and oxygen atoms in total. The molecule has 0 unspecified atom stereocenters. The summed E-state index contributed by atoms with van der Waals surface area (Å²) in [5.74, 6) is 0.105. The lowest BCUT2D eigenvalue weighted by Crippen LogP contribution is -2.52. The van der Waals surface area contributed by atoms with Gasteiger partial charge >= 0.3 is 0 Å². The second-order valence-corrected chi connectivity index (χ2v) is 7.47. The van der Waals surface area contributed by atoms with Gasteiger partial charge in [0.15, 0.2) is 0 Å². The fourth-order valence-electron chi connectivity index (χ4n) is 3.72. The summed E-state index contributed by atoms with van der Waals surface area (Å²) in [7, 11) is 0. The Morgan fingerprint density at radius 3 is 2.11 bits per heavy atom. The Hall–Kier alpha value is -2.41. The van der Waals surface area contributed by atoms with E-state index in [1.54, 1.807) is 12.1 Å². The third kappa shape index (κ3) is 5.79. The average molecular weight is 386 g/mol. The predicted octanol–water partition coefficient (Wildman–Crippen LogP) is 0.963. The van der Waals surface area contributed by atoms with Crippen LogP contribution in [0.5, 0.6) is 0 Å². The molecule has 1 aromatic rings. The van der Waals surface area contributed by atoms with Crippen molar-refractivity contribution in [1.82, 2.24) is 20.0 Å². The minimum Gasteiger partial charge on any atom is -0.352 e. The van der Waals surface area contributed by atoms with E-state index in [4.69, 9.17) is 0 Å². The monoisotopic (exact) mass is 386 g/mol. The molecule has 1 aromatic carbocycles. The summed E-state index contributed by atoms with van der Waals surface area (Å²) >= 11 is 0. The van der Waals surface area contributed by atoms with Crippen LogP contribution in [-0.4, -0.2) is 84.8 Å². The van der Waals surface area contributed by atoms with E-state index >= 15 is 0 Å². The molecule has 2 saturated heterocycles. The maximum Gasteiger partial charge on any atom is 0.251 e. The zero-order valence-electron chi connectivity index (χ0n) is 16.4. The van der Waals surface area contributed by atoms with Crippen LogP contribution in [0.1, 0.15) is 36.0 Å². The summed E-state index contributed by atoms with van der Waals surface area (Å²) in [6, 6.07) is 8.99. The van der Waals surface area contributed by atoms with Gasteiger partial charge in [-0.1, -0.05) is 18.2 Å². The molecular weight excluding hydrogens is 356 g/mol. The summed E-state index contributed by atoms with van der Waals surface area (Å²) in [5, 5.41) is 2.79. The zero-order chi connectivity index (χ0) is 19.8. The highest BCUT2D eigenvalue weighted by atomic mass is 16.2. The highest BCUT2D eigenvalue weighted by Crippen LogP contribution is 2.10. The fourth-order valence-corrected chi connectivity index (χ4v) is 3.72. The molecule has 0 aliphatic carbocycles. The molecule has 0 spiro atoms. The molecule has 0 aromatic heterocycles. The Morgan fingerprint density at radius 1 is 0.786 bits per heavy atom. The molecule has 7 heteroatoms. The van der Waals surface area contributed by atoms with E-state index in [9.17, 15) is 14.4 Å². The number of amides is 3. The van der Waals surface area contributed by atoms with Crippen molar-refractivity contribution in [2.45, 2.75) is 25.7 Å². The topological polar surface area (TPSA) is 73.0 Å². The van der Waals surface area contributed by atoms with Crippen molar-refractivity contribution in [3.63, 3.8) is 0 Å². The number of nitrogens with one attached hydrogen (secondary N) is 1. The van der Waals surface area contributed by atoms with Crippen LogP contribution in [0.15, 0.2) is 30.3 Å². The molecule has 0 atom stereocenters. The average Bonchev–Trinajstić information content (AvgIpc) is 2.75. The van der Waals surface area contributed by atoms with Crippen LogP contribution in [0, 0.1) is 0 Å². The maximum atomic E-state index is 12.4. The first-order valence-electron chi connectivity index (χ1n) is 10.2. The summed E-state index contributed by atoms with van der Waals surface area (Å²) in [5.41, 5.74) is 0.599. The van der Waals surface area contributed by atoms with Crippen LogP contribution in [0.2, 0.25) is 0 Å². The fraction of sp³-hybridized carbons (Fsp3) is 0.571. The van der Waals surface area contributed by atoms with Gasteiger partial charge in [0.05, 0.1) is 6.54 Å². The third-order valence-corrected chi connectivity index (χ3v) is 5.45. The minimum atomic E-state index is -0.158. The van der Waals surface area contributed by atoms with Crippen LogP contribution >= 0.6 is 0 Å². The Labute approximate surface area is 166 Å². The van der Waals surface area contributed by atoms with Crippen LogP contribution in [0.4, 0.5) is 0 Å². The molecule has 0 saturated carbocycles. The van der Waals surface area contributed by atoms with Gasteiger partial charge in [0.25, 0.3) is 5.91 Å². The Kier molecular flexibility index (Phi) is 7.42. The number of hydrogen-bond donors (Lipinski definition) is 1. The van der Waals surface area contributed by atoms with Gasteiger partial charge in [-0.05, 0) is 31.4 Å². The normalized spacial score (nSPS) is 18.0. The number of nitrogens with zero attached hydrogens (tertiary/aromatic N) is 3. The van der Waals surface area contributed by atoms with Gasteiger partial charge in [0.1, 0.15) is 0 Å². The number of hydrogen-bond acceptors (Lipinski definition) is 4.